The number of hydrogen-bond donors (Lipinski definition) is 1. The van der Waals surface area contributed by atoms with Gasteiger partial charge >= 0.3 is 0 Å². The van der Waals surface area contributed by atoms with Crippen LogP contribution in [0.1, 0.15) is 16.7 Å². The van der Waals surface area contributed by atoms with Crippen LogP contribution < -0.4 is 9.47 Å². The second-order valence-electron chi connectivity index (χ2n) is 5.88. The molecule has 1 N–H and O–H groups in total. The molecule has 4 heteroatoms. The number of fused-ring (bicyclic) bond motifs is 1. The number of hydrogen-bond acceptors (Lipinski definition) is 4. The van der Waals surface area contributed by atoms with Gasteiger partial charge in [0.05, 0.1) is 32.0 Å². The van der Waals surface area contributed by atoms with Crippen molar-refractivity contribution in [2.24, 2.45) is 0 Å². The number of benzene rings is 2. The van der Waals surface area contributed by atoms with Gasteiger partial charge in [0.25, 0.3) is 0 Å². The van der Waals surface area contributed by atoms with Gasteiger partial charge in [0.1, 0.15) is 0 Å². The molecule has 24 heavy (non-hydrogen) atoms. The van der Waals surface area contributed by atoms with Crippen molar-refractivity contribution in [1.29, 1.82) is 0 Å². The van der Waals surface area contributed by atoms with E-state index in [9.17, 15) is 5.11 Å². The second-order valence-corrected chi connectivity index (χ2v) is 5.88. The van der Waals surface area contributed by atoms with Crippen LogP contribution in [0, 0.1) is 13.8 Å². The van der Waals surface area contributed by atoms with Crippen LogP contribution in [0.3, 0.4) is 0 Å². The van der Waals surface area contributed by atoms with Crippen LogP contribution in [-0.4, -0.2) is 24.3 Å². The molecule has 0 bridgehead atoms. The van der Waals surface area contributed by atoms with Gasteiger partial charge in [0.2, 0.25) is 0 Å². The summed E-state index contributed by atoms with van der Waals surface area (Å²) in [5.74, 6) is 1.36. The maximum atomic E-state index is 9.38. The van der Waals surface area contributed by atoms with Crippen LogP contribution in [0.25, 0.3) is 22.2 Å². The van der Waals surface area contributed by atoms with Gasteiger partial charge in [-0.3, -0.25) is 0 Å². The number of aromatic nitrogens is 1. The molecule has 2 aromatic carbocycles. The number of methoxy groups -OCH3 is 2. The highest BCUT2D eigenvalue weighted by Gasteiger charge is 2.15. The monoisotopic (exact) mass is 323 g/mol. The highest BCUT2D eigenvalue weighted by Crippen LogP contribution is 2.39. The van der Waals surface area contributed by atoms with E-state index in [1.165, 1.54) is 0 Å². The van der Waals surface area contributed by atoms with Crippen molar-refractivity contribution in [2.45, 2.75) is 20.5 Å². The standard InChI is InChI=1S/C20H21NO3/c1-12-7-16(20(24-4)19(8-12)23-3)17-9-13(2)15-6-5-14(11-22)10-18(15)21-17/h5-10,22H,11H2,1-4H3. The van der Waals surface area contributed by atoms with E-state index < -0.39 is 0 Å². The molecule has 3 aromatic rings. The zero-order valence-electron chi connectivity index (χ0n) is 14.4. The molecule has 0 aliphatic rings. The van der Waals surface area contributed by atoms with Crippen molar-refractivity contribution < 1.29 is 14.6 Å². The van der Waals surface area contributed by atoms with Gasteiger partial charge in [-0.15, -0.1) is 0 Å². The molecule has 124 valence electrons. The van der Waals surface area contributed by atoms with Crippen molar-refractivity contribution in [1.82, 2.24) is 4.98 Å². The second kappa shape index (κ2) is 6.49. The van der Waals surface area contributed by atoms with Crippen LogP contribution in [0.5, 0.6) is 11.5 Å². The molecule has 0 radical (unpaired) electrons. The molecule has 0 unspecified atom stereocenters. The summed E-state index contributed by atoms with van der Waals surface area (Å²) in [6, 6.07) is 11.9. The van der Waals surface area contributed by atoms with Crippen molar-refractivity contribution in [2.75, 3.05) is 14.2 Å². The van der Waals surface area contributed by atoms with Crippen LogP contribution in [0.4, 0.5) is 0 Å². The van der Waals surface area contributed by atoms with E-state index in [2.05, 4.69) is 13.0 Å². The minimum atomic E-state index is 0.00246. The summed E-state index contributed by atoms with van der Waals surface area (Å²) in [5.41, 5.74) is 5.63. The summed E-state index contributed by atoms with van der Waals surface area (Å²) in [6.07, 6.45) is 0. The van der Waals surface area contributed by atoms with Crippen LogP contribution in [0.15, 0.2) is 36.4 Å². The molecule has 0 atom stereocenters. The SMILES string of the molecule is COc1cc(C)cc(-c2cc(C)c3ccc(CO)cc3n2)c1OC. The van der Waals surface area contributed by atoms with Gasteiger partial charge in [-0.05, 0) is 54.8 Å². The van der Waals surface area contributed by atoms with Crippen LogP contribution in [-0.2, 0) is 6.61 Å². The summed E-state index contributed by atoms with van der Waals surface area (Å²) in [6.45, 7) is 4.08. The number of ether oxygens (including phenoxy) is 2. The molecule has 1 heterocycles. The first-order valence-corrected chi connectivity index (χ1v) is 7.81. The summed E-state index contributed by atoms with van der Waals surface area (Å²) < 4.78 is 11.0. The molecule has 0 spiro atoms. The van der Waals surface area contributed by atoms with E-state index in [0.717, 1.165) is 38.9 Å². The first-order chi connectivity index (χ1) is 11.6. The summed E-state index contributed by atoms with van der Waals surface area (Å²) in [7, 11) is 3.27. The number of aliphatic hydroxyl groups is 1. The number of nitrogens with zero attached hydrogens (tertiary/aromatic N) is 1. The first-order valence-electron chi connectivity index (χ1n) is 7.81. The fourth-order valence-electron chi connectivity index (χ4n) is 2.98. The minimum absolute atomic E-state index is 0.00246. The molecule has 3 rings (SSSR count). The van der Waals surface area contributed by atoms with Gasteiger partial charge in [-0.1, -0.05) is 12.1 Å². The lowest BCUT2D eigenvalue weighted by Crippen LogP contribution is -1.97. The average molecular weight is 323 g/mol. The number of rotatable bonds is 4. The largest absolute Gasteiger partial charge is 0.493 e. The van der Waals surface area contributed by atoms with E-state index >= 15 is 0 Å². The maximum Gasteiger partial charge on any atom is 0.170 e. The van der Waals surface area contributed by atoms with E-state index in [0.29, 0.717) is 11.5 Å². The third-order valence-electron chi connectivity index (χ3n) is 4.16. The molecule has 0 amide bonds. The molecule has 0 fully saturated rings. The quantitative estimate of drug-likeness (QED) is 0.787. The number of aliphatic hydroxyl groups excluding tert-OH is 1. The first kappa shape index (κ1) is 16.3. The fourth-order valence-corrected chi connectivity index (χ4v) is 2.98. The molecule has 0 saturated carbocycles. The lowest BCUT2D eigenvalue weighted by Gasteiger charge is -2.15. The normalized spacial score (nSPS) is 10.9. The van der Waals surface area contributed by atoms with E-state index in [-0.39, 0.29) is 6.61 Å². The Labute approximate surface area is 141 Å². The molecule has 4 nitrogen and oxygen atoms in total. The van der Waals surface area contributed by atoms with Crippen LogP contribution in [0.2, 0.25) is 0 Å². The highest BCUT2D eigenvalue weighted by molar-refractivity contribution is 5.86. The Bertz CT molecular complexity index is 903. The number of pyridine rings is 1. The Morgan fingerprint density at radius 2 is 1.79 bits per heavy atom. The topological polar surface area (TPSA) is 51.6 Å². The van der Waals surface area contributed by atoms with Gasteiger partial charge in [-0.2, -0.15) is 0 Å². The zero-order chi connectivity index (χ0) is 17.3. The lowest BCUT2D eigenvalue weighted by molar-refractivity contribution is 0.282. The molecule has 0 saturated heterocycles. The van der Waals surface area contributed by atoms with E-state index in [1.54, 1.807) is 14.2 Å². The molecule has 0 aliphatic carbocycles. The van der Waals surface area contributed by atoms with Crippen molar-refractivity contribution >= 4 is 10.9 Å². The Hall–Kier alpha value is -2.59. The Morgan fingerprint density at radius 3 is 2.46 bits per heavy atom. The summed E-state index contributed by atoms with van der Waals surface area (Å²) in [4.78, 5) is 4.79. The molecule has 0 aliphatic heterocycles. The summed E-state index contributed by atoms with van der Waals surface area (Å²) >= 11 is 0. The molecular formula is C20H21NO3. The maximum absolute atomic E-state index is 9.38. The lowest BCUT2D eigenvalue weighted by atomic mass is 10.0. The van der Waals surface area contributed by atoms with E-state index in [4.69, 9.17) is 14.5 Å². The third-order valence-corrected chi connectivity index (χ3v) is 4.16. The van der Waals surface area contributed by atoms with Crippen molar-refractivity contribution in [3.8, 4) is 22.8 Å². The van der Waals surface area contributed by atoms with Crippen molar-refractivity contribution in [3.63, 3.8) is 0 Å². The number of aryl methyl sites for hydroxylation is 2. The van der Waals surface area contributed by atoms with Gasteiger partial charge in [0.15, 0.2) is 11.5 Å². The fraction of sp³-hybridized carbons (Fsp3) is 0.250. The van der Waals surface area contributed by atoms with Crippen molar-refractivity contribution in [3.05, 3.63) is 53.1 Å². The Morgan fingerprint density at radius 1 is 1.00 bits per heavy atom. The van der Waals surface area contributed by atoms with E-state index in [1.807, 2.05) is 37.3 Å². The van der Waals surface area contributed by atoms with Gasteiger partial charge in [-0.25, -0.2) is 4.98 Å². The predicted molar refractivity (Wildman–Crippen MR) is 95.7 cm³/mol. The average Bonchev–Trinajstić information content (AvgIpc) is 2.60. The Kier molecular flexibility index (Phi) is 4.40. The van der Waals surface area contributed by atoms with Crippen LogP contribution >= 0.6 is 0 Å². The van der Waals surface area contributed by atoms with Gasteiger partial charge < -0.3 is 14.6 Å². The minimum Gasteiger partial charge on any atom is -0.493 e. The summed E-state index contributed by atoms with van der Waals surface area (Å²) in [5, 5.41) is 10.5. The third kappa shape index (κ3) is 2.81. The molecule has 1 aromatic heterocycles. The highest BCUT2D eigenvalue weighted by atomic mass is 16.5. The smallest absolute Gasteiger partial charge is 0.170 e. The molecular weight excluding hydrogens is 302 g/mol. The zero-order valence-corrected chi connectivity index (χ0v) is 14.4. The Balaban J connectivity index is 2.28. The predicted octanol–water partition coefficient (Wildman–Crippen LogP) is 4.03. The van der Waals surface area contributed by atoms with Gasteiger partial charge in [0, 0.05) is 10.9 Å².